The summed E-state index contributed by atoms with van der Waals surface area (Å²) in [5, 5.41) is 18.4. The summed E-state index contributed by atoms with van der Waals surface area (Å²) in [6, 6.07) is 10.6. The van der Waals surface area contributed by atoms with Crippen LogP contribution < -0.4 is 11.0 Å². The van der Waals surface area contributed by atoms with E-state index in [1.807, 2.05) is 12.1 Å². The van der Waals surface area contributed by atoms with Crippen LogP contribution >= 0.6 is 0 Å². The molecular formula is C15H16BNO3. The van der Waals surface area contributed by atoms with Crippen LogP contribution in [0.3, 0.4) is 0 Å². The van der Waals surface area contributed by atoms with Gasteiger partial charge in [-0.25, -0.2) is 0 Å². The second kappa shape index (κ2) is 5.27. The first kappa shape index (κ1) is 13.2. The highest BCUT2D eigenvalue weighted by atomic mass is 16.4. The second-order valence-electron chi connectivity index (χ2n) is 5.20. The van der Waals surface area contributed by atoms with E-state index in [2.05, 4.69) is 0 Å². The molecule has 20 heavy (non-hydrogen) atoms. The van der Waals surface area contributed by atoms with Crippen LogP contribution in [0.25, 0.3) is 0 Å². The lowest BCUT2D eigenvalue weighted by molar-refractivity contribution is 0.425. The molecule has 2 N–H and O–H groups in total. The van der Waals surface area contributed by atoms with Crippen molar-refractivity contribution in [1.29, 1.82) is 0 Å². The van der Waals surface area contributed by atoms with Gasteiger partial charge in [0.1, 0.15) is 0 Å². The van der Waals surface area contributed by atoms with Crippen molar-refractivity contribution in [3.05, 3.63) is 63.6 Å². The van der Waals surface area contributed by atoms with Crippen LogP contribution in [0.15, 0.2) is 41.2 Å². The van der Waals surface area contributed by atoms with Crippen LogP contribution in [-0.4, -0.2) is 21.7 Å². The highest BCUT2D eigenvalue weighted by molar-refractivity contribution is 6.58. The first-order valence-electron chi connectivity index (χ1n) is 6.82. The fourth-order valence-electron chi connectivity index (χ4n) is 2.84. The molecule has 0 atom stereocenters. The van der Waals surface area contributed by atoms with Crippen LogP contribution in [0.4, 0.5) is 0 Å². The van der Waals surface area contributed by atoms with E-state index in [1.165, 1.54) is 5.56 Å². The topological polar surface area (TPSA) is 62.5 Å². The highest BCUT2D eigenvalue weighted by Crippen LogP contribution is 2.20. The average molecular weight is 269 g/mol. The zero-order chi connectivity index (χ0) is 14.1. The summed E-state index contributed by atoms with van der Waals surface area (Å²) in [4.78, 5) is 12.1. The molecule has 0 amide bonds. The number of rotatable bonds is 3. The first-order chi connectivity index (χ1) is 9.65. The standard InChI is InChI=1S/C15H16BNO3/c18-15-8-7-12-4-2-6-14(12)17(15)10-11-3-1-5-13(9-11)16(19)20/h1,3,5,7-9,19-20H,2,4,6,10H2. The number of hydrogen-bond donors (Lipinski definition) is 2. The zero-order valence-electron chi connectivity index (χ0n) is 11.1. The molecular weight excluding hydrogens is 253 g/mol. The number of aromatic nitrogens is 1. The lowest BCUT2D eigenvalue weighted by atomic mass is 9.79. The largest absolute Gasteiger partial charge is 0.488 e. The van der Waals surface area contributed by atoms with E-state index < -0.39 is 7.12 Å². The Bertz CT molecular complexity index is 694. The first-order valence-corrected chi connectivity index (χ1v) is 6.82. The molecule has 4 nitrogen and oxygen atoms in total. The summed E-state index contributed by atoms with van der Waals surface area (Å²) in [7, 11) is -1.48. The third kappa shape index (κ3) is 2.42. The minimum absolute atomic E-state index is 0.000556. The number of benzene rings is 1. The molecule has 1 aliphatic rings. The molecule has 0 unspecified atom stereocenters. The molecule has 0 fully saturated rings. The maximum Gasteiger partial charge on any atom is 0.488 e. The average Bonchev–Trinajstić information content (AvgIpc) is 2.91. The predicted molar refractivity (Wildman–Crippen MR) is 78.1 cm³/mol. The molecule has 1 aliphatic carbocycles. The minimum Gasteiger partial charge on any atom is -0.423 e. The van der Waals surface area contributed by atoms with Crippen LogP contribution in [0.5, 0.6) is 0 Å². The van der Waals surface area contributed by atoms with Crippen molar-refractivity contribution in [2.75, 3.05) is 0 Å². The predicted octanol–water partition coefficient (Wildman–Crippen LogP) is 0.0651. The number of nitrogens with zero attached hydrogens (tertiary/aromatic N) is 1. The number of pyridine rings is 1. The third-order valence-electron chi connectivity index (χ3n) is 3.84. The van der Waals surface area contributed by atoms with Crippen molar-refractivity contribution < 1.29 is 10.0 Å². The molecule has 2 aromatic rings. The third-order valence-corrected chi connectivity index (χ3v) is 3.84. The van der Waals surface area contributed by atoms with Crippen molar-refractivity contribution in [1.82, 2.24) is 4.57 Å². The van der Waals surface area contributed by atoms with Gasteiger partial charge in [0.15, 0.2) is 0 Å². The molecule has 1 heterocycles. The van der Waals surface area contributed by atoms with Gasteiger partial charge < -0.3 is 14.6 Å². The fourth-order valence-corrected chi connectivity index (χ4v) is 2.84. The van der Waals surface area contributed by atoms with Gasteiger partial charge in [-0.15, -0.1) is 0 Å². The Labute approximate surface area is 117 Å². The maximum absolute atomic E-state index is 12.1. The molecule has 0 spiro atoms. The molecule has 3 rings (SSSR count). The Morgan fingerprint density at radius 2 is 2.00 bits per heavy atom. The molecule has 5 heteroatoms. The van der Waals surface area contributed by atoms with E-state index in [-0.39, 0.29) is 5.56 Å². The summed E-state index contributed by atoms with van der Waals surface area (Å²) >= 11 is 0. The summed E-state index contributed by atoms with van der Waals surface area (Å²) in [5.74, 6) is 0. The van der Waals surface area contributed by atoms with Crippen molar-refractivity contribution in [3.63, 3.8) is 0 Å². The van der Waals surface area contributed by atoms with E-state index in [0.717, 1.165) is 30.5 Å². The van der Waals surface area contributed by atoms with Gasteiger partial charge in [0.05, 0.1) is 6.54 Å². The molecule has 0 saturated carbocycles. The van der Waals surface area contributed by atoms with Gasteiger partial charge in [-0.05, 0) is 35.9 Å². The van der Waals surface area contributed by atoms with Crippen LogP contribution in [0.2, 0.25) is 0 Å². The summed E-state index contributed by atoms with van der Waals surface area (Å²) in [6.45, 7) is 0.475. The number of fused-ring (bicyclic) bond motifs is 1. The van der Waals surface area contributed by atoms with Crippen molar-refractivity contribution in [2.24, 2.45) is 0 Å². The van der Waals surface area contributed by atoms with Gasteiger partial charge >= 0.3 is 7.12 Å². The summed E-state index contributed by atoms with van der Waals surface area (Å²) < 4.78 is 1.80. The lowest BCUT2D eigenvalue weighted by Gasteiger charge is -2.12. The Balaban J connectivity index is 1.98. The Kier molecular flexibility index (Phi) is 3.46. The Morgan fingerprint density at radius 3 is 2.80 bits per heavy atom. The second-order valence-corrected chi connectivity index (χ2v) is 5.20. The van der Waals surface area contributed by atoms with E-state index in [4.69, 9.17) is 0 Å². The monoisotopic (exact) mass is 269 g/mol. The normalized spacial score (nSPS) is 13.3. The zero-order valence-corrected chi connectivity index (χ0v) is 11.1. The molecule has 102 valence electrons. The maximum atomic E-state index is 12.1. The van der Waals surface area contributed by atoms with E-state index in [1.54, 1.807) is 28.8 Å². The van der Waals surface area contributed by atoms with E-state index in [9.17, 15) is 14.8 Å². The van der Waals surface area contributed by atoms with Gasteiger partial charge in [0.25, 0.3) is 5.56 Å². The fraction of sp³-hybridized carbons (Fsp3) is 0.267. The molecule has 0 saturated heterocycles. The summed E-state index contributed by atoms with van der Waals surface area (Å²) in [5.41, 5.74) is 3.72. The quantitative estimate of drug-likeness (QED) is 0.775. The Hall–Kier alpha value is -1.85. The van der Waals surface area contributed by atoms with Gasteiger partial charge in [-0.3, -0.25) is 4.79 Å². The van der Waals surface area contributed by atoms with Crippen molar-refractivity contribution in [3.8, 4) is 0 Å². The van der Waals surface area contributed by atoms with E-state index in [0.29, 0.717) is 12.0 Å². The number of hydrogen-bond acceptors (Lipinski definition) is 3. The SMILES string of the molecule is O=c1ccc2c(n1Cc1cccc(B(O)O)c1)CCC2. The van der Waals surface area contributed by atoms with Crippen LogP contribution in [0, 0.1) is 0 Å². The molecule has 0 radical (unpaired) electrons. The summed E-state index contributed by atoms with van der Waals surface area (Å²) in [6.07, 6.45) is 3.06. The van der Waals surface area contributed by atoms with Gasteiger partial charge in [0.2, 0.25) is 0 Å². The molecule has 0 aliphatic heterocycles. The molecule has 0 bridgehead atoms. The minimum atomic E-state index is -1.48. The van der Waals surface area contributed by atoms with Crippen LogP contribution in [-0.2, 0) is 19.4 Å². The Morgan fingerprint density at radius 1 is 1.15 bits per heavy atom. The van der Waals surface area contributed by atoms with E-state index >= 15 is 0 Å². The van der Waals surface area contributed by atoms with Crippen LogP contribution in [0.1, 0.15) is 23.2 Å². The smallest absolute Gasteiger partial charge is 0.423 e. The highest BCUT2D eigenvalue weighted by Gasteiger charge is 2.16. The van der Waals surface area contributed by atoms with Gasteiger partial charge in [-0.2, -0.15) is 0 Å². The number of aryl methyl sites for hydroxylation is 1. The van der Waals surface area contributed by atoms with Gasteiger partial charge in [0, 0.05) is 11.8 Å². The van der Waals surface area contributed by atoms with Gasteiger partial charge in [-0.1, -0.05) is 30.3 Å². The molecule has 1 aromatic carbocycles. The molecule has 1 aromatic heterocycles. The van der Waals surface area contributed by atoms with Crippen molar-refractivity contribution in [2.45, 2.75) is 25.8 Å². The van der Waals surface area contributed by atoms with Crippen molar-refractivity contribution >= 4 is 12.6 Å². The lowest BCUT2D eigenvalue weighted by Crippen LogP contribution is -2.30.